The number of ether oxygens (including phenoxy) is 1. The van der Waals surface area contributed by atoms with E-state index >= 15 is 0 Å². The molecule has 0 aliphatic carbocycles. The van der Waals surface area contributed by atoms with Crippen molar-refractivity contribution in [3.8, 4) is 5.75 Å². The molecule has 0 saturated heterocycles. The first-order chi connectivity index (χ1) is 12.7. The Hall–Kier alpha value is -2.36. The molecule has 146 valence electrons. The van der Waals surface area contributed by atoms with Gasteiger partial charge in [-0.15, -0.1) is 24.0 Å². The number of aromatic nitrogens is 1. The monoisotopic (exact) mass is 483 g/mol. The van der Waals surface area contributed by atoms with Crippen molar-refractivity contribution in [3.05, 3.63) is 59.9 Å². The Morgan fingerprint density at radius 1 is 1.11 bits per heavy atom. The molecule has 2 aromatic rings. The van der Waals surface area contributed by atoms with Gasteiger partial charge in [0.1, 0.15) is 5.75 Å². The van der Waals surface area contributed by atoms with Crippen molar-refractivity contribution in [2.24, 2.45) is 4.99 Å². The first-order valence-corrected chi connectivity index (χ1v) is 8.58. The molecule has 7 nitrogen and oxygen atoms in total. The van der Waals surface area contributed by atoms with Crippen LogP contribution in [0.15, 0.2) is 53.8 Å². The highest BCUT2D eigenvalue weighted by molar-refractivity contribution is 14.0. The van der Waals surface area contributed by atoms with Crippen LogP contribution in [0.4, 0.5) is 0 Å². The number of guanidine groups is 1. The number of carbonyl (C=O) groups is 1. The van der Waals surface area contributed by atoms with Crippen LogP contribution in [0.25, 0.3) is 0 Å². The number of benzene rings is 1. The fraction of sp³-hybridized carbons (Fsp3) is 0.316. The second-order valence-corrected chi connectivity index (χ2v) is 5.39. The predicted molar refractivity (Wildman–Crippen MR) is 118 cm³/mol. The minimum absolute atomic E-state index is 0. The van der Waals surface area contributed by atoms with Gasteiger partial charge in [-0.25, -0.2) is 0 Å². The SMILES string of the molecule is CCOc1ccccc1CNC(=NC)NCCNC(=O)c1cccnc1.I. The molecular weight excluding hydrogens is 457 g/mol. The Morgan fingerprint density at radius 2 is 1.89 bits per heavy atom. The van der Waals surface area contributed by atoms with Crippen LogP contribution in [0.3, 0.4) is 0 Å². The quantitative estimate of drug-likeness (QED) is 0.232. The highest BCUT2D eigenvalue weighted by Gasteiger charge is 2.05. The van der Waals surface area contributed by atoms with E-state index in [1.165, 1.54) is 0 Å². The summed E-state index contributed by atoms with van der Waals surface area (Å²) in [5.41, 5.74) is 1.60. The van der Waals surface area contributed by atoms with E-state index in [0.29, 0.717) is 37.8 Å². The number of hydrogen-bond acceptors (Lipinski definition) is 4. The number of para-hydroxylation sites is 1. The smallest absolute Gasteiger partial charge is 0.252 e. The second kappa shape index (κ2) is 12.9. The number of hydrogen-bond donors (Lipinski definition) is 3. The Morgan fingerprint density at radius 3 is 2.59 bits per heavy atom. The molecule has 0 radical (unpaired) electrons. The fourth-order valence-corrected chi connectivity index (χ4v) is 2.30. The van der Waals surface area contributed by atoms with Crippen molar-refractivity contribution >= 4 is 35.8 Å². The van der Waals surface area contributed by atoms with Crippen LogP contribution in [0, 0.1) is 0 Å². The molecule has 0 saturated carbocycles. The molecule has 0 unspecified atom stereocenters. The van der Waals surface area contributed by atoms with Gasteiger partial charge in [0.25, 0.3) is 5.91 Å². The summed E-state index contributed by atoms with van der Waals surface area (Å²) in [6.07, 6.45) is 3.18. The Kier molecular flexibility index (Phi) is 10.8. The van der Waals surface area contributed by atoms with E-state index in [9.17, 15) is 4.79 Å². The molecule has 0 aliphatic rings. The van der Waals surface area contributed by atoms with Crippen molar-refractivity contribution in [1.82, 2.24) is 20.9 Å². The fourth-order valence-electron chi connectivity index (χ4n) is 2.30. The van der Waals surface area contributed by atoms with E-state index in [2.05, 4.69) is 25.9 Å². The van der Waals surface area contributed by atoms with Crippen molar-refractivity contribution in [2.75, 3.05) is 26.7 Å². The Bertz CT molecular complexity index is 725. The van der Waals surface area contributed by atoms with Crippen molar-refractivity contribution < 1.29 is 9.53 Å². The average Bonchev–Trinajstić information content (AvgIpc) is 2.69. The summed E-state index contributed by atoms with van der Waals surface area (Å²) in [4.78, 5) is 20.0. The van der Waals surface area contributed by atoms with E-state index in [4.69, 9.17) is 4.74 Å². The highest BCUT2D eigenvalue weighted by Crippen LogP contribution is 2.17. The number of pyridine rings is 1. The van der Waals surface area contributed by atoms with E-state index in [1.807, 2.05) is 31.2 Å². The highest BCUT2D eigenvalue weighted by atomic mass is 127. The molecule has 0 fully saturated rings. The lowest BCUT2D eigenvalue weighted by Crippen LogP contribution is -2.41. The van der Waals surface area contributed by atoms with Gasteiger partial charge < -0.3 is 20.7 Å². The Balaban J connectivity index is 0.00000364. The number of rotatable bonds is 8. The second-order valence-electron chi connectivity index (χ2n) is 5.39. The first-order valence-electron chi connectivity index (χ1n) is 8.58. The summed E-state index contributed by atoms with van der Waals surface area (Å²) in [5.74, 6) is 1.38. The minimum Gasteiger partial charge on any atom is -0.494 e. The molecule has 27 heavy (non-hydrogen) atoms. The van der Waals surface area contributed by atoms with E-state index in [0.717, 1.165) is 11.3 Å². The van der Waals surface area contributed by atoms with Gasteiger partial charge in [0, 0.05) is 44.6 Å². The van der Waals surface area contributed by atoms with Gasteiger partial charge in [0.15, 0.2) is 5.96 Å². The maximum Gasteiger partial charge on any atom is 0.252 e. The molecular formula is C19H26IN5O2. The lowest BCUT2D eigenvalue weighted by molar-refractivity contribution is 0.0954. The van der Waals surface area contributed by atoms with Gasteiger partial charge in [-0.2, -0.15) is 0 Å². The number of halogens is 1. The van der Waals surface area contributed by atoms with E-state index in [1.54, 1.807) is 31.6 Å². The number of amides is 1. The van der Waals surface area contributed by atoms with Crippen molar-refractivity contribution in [1.29, 1.82) is 0 Å². The number of aliphatic imine (C=N–C) groups is 1. The lowest BCUT2D eigenvalue weighted by Gasteiger charge is -2.14. The van der Waals surface area contributed by atoms with Gasteiger partial charge in [0.05, 0.1) is 12.2 Å². The Labute approximate surface area is 177 Å². The van der Waals surface area contributed by atoms with Crippen LogP contribution in [-0.2, 0) is 6.54 Å². The molecule has 1 aromatic carbocycles. The summed E-state index contributed by atoms with van der Waals surface area (Å²) >= 11 is 0. The third-order valence-electron chi connectivity index (χ3n) is 3.57. The van der Waals surface area contributed by atoms with Gasteiger partial charge in [-0.05, 0) is 25.1 Å². The molecule has 8 heteroatoms. The standard InChI is InChI=1S/C19H25N5O2.HI/c1-3-26-17-9-5-4-7-15(17)14-24-19(20-2)23-12-11-22-18(25)16-8-6-10-21-13-16;/h4-10,13H,3,11-12,14H2,1-2H3,(H,22,25)(H2,20,23,24);1H. The number of carbonyl (C=O) groups excluding carboxylic acids is 1. The zero-order chi connectivity index (χ0) is 18.6. The largest absolute Gasteiger partial charge is 0.494 e. The third kappa shape index (κ3) is 7.81. The van der Waals surface area contributed by atoms with Crippen LogP contribution in [0.2, 0.25) is 0 Å². The molecule has 3 N–H and O–H groups in total. The van der Waals surface area contributed by atoms with Gasteiger partial charge in [-0.1, -0.05) is 18.2 Å². The number of nitrogens with one attached hydrogen (secondary N) is 3. The maximum absolute atomic E-state index is 11.9. The minimum atomic E-state index is -0.145. The summed E-state index contributed by atoms with van der Waals surface area (Å²) < 4.78 is 5.62. The van der Waals surface area contributed by atoms with E-state index in [-0.39, 0.29) is 29.9 Å². The van der Waals surface area contributed by atoms with Crippen molar-refractivity contribution in [2.45, 2.75) is 13.5 Å². The number of nitrogens with zero attached hydrogens (tertiary/aromatic N) is 2. The first kappa shape index (κ1) is 22.7. The topological polar surface area (TPSA) is 87.6 Å². The molecule has 2 rings (SSSR count). The summed E-state index contributed by atoms with van der Waals surface area (Å²) in [6, 6.07) is 11.4. The molecule has 0 aliphatic heterocycles. The van der Waals surface area contributed by atoms with Crippen LogP contribution < -0.4 is 20.7 Å². The van der Waals surface area contributed by atoms with Crippen LogP contribution in [-0.4, -0.2) is 43.6 Å². The molecule has 0 atom stereocenters. The summed E-state index contributed by atoms with van der Waals surface area (Å²) in [6.45, 7) is 4.21. The molecule has 1 amide bonds. The van der Waals surface area contributed by atoms with Crippen LogP contribution >= 0.6 is 24.0 Å². The zero-order valence-corrected chi connectivity index (χ0v) is 17.9. The molecule has 0 spiro atoms. The predicted octanol–water partition coefficient (Wildman–Crippen LogP) is 2.19. The third-order valence-corrected chi connectivity index (χ3v) is 3.57. The average molecular weight is 483 g/mol. The zero-order valence-electron chi connectivity index (χ0n) is 15.6. The van der Waals surface area contributed by atoms with Crippen LogP contribution in [0.5, 0.6) is 5.75 Å². The van der Waals surface area contributed by atoms with Crippen LogP contribution in [0.1, 0.15) is 22.8 Å². The summed E-state index contributed by atoms with van der Waals surface area (Å²) in [7, 11) is 1.71. The van der Waals surface area contributed by atoms with Gasteiger partial charge in [0.2, 0.25) is 0 Å². The summed E-state index contributed by atoms with van der Waals surface area (Å²) in [5, 5.41) is 9.24. The van der Waals surface area contributed by atoms with Gasteiger partial charge >= 0.3 is 0 Å². The lowest BCUT2D eigenvalue weighted by atomic mass is 10.2. The molecule has 1 aromatic heterocycles. The molecule has 0 bridgehead atoms. The maximum atomic E-state index is 11.9. The normalized spacial score (nSPS) is 10.5. The van der Waals surface area contributed by atoms with Gasteiger partial charge in [-0.3, -0.25) is 14.8 Å². The van der Waals surface area contributed by atoms with E-state index < -0.39 is 0 Å². The van der Waals surface area contributed by atoms with Crippen molar-refractivity contribution in [3.63, 3.8) is 0 Å². The molecule has 1 heterocycles.